The van der Waals surface area contributed by atoms with Crippen molar-refractivity contribution in [3.8, 4) is 0 Å². The van der Waals surface area contributed by atoms with Gasteiger partial charge in [0, 0.05) is 12.4 Å². The zero-order valence-corrected chi connectivity index (χ0v) is 11.6. The van der Waals surface area contributed by atoms with Crippen LogP contribution in [0.4, 0.5) is 0 Å². The largest absolute Gasteiger partial charge is 0.355 e. The second-order valence-corrected chi connectivity index (χ2v) is 6.52. The Kier molecular flexibility index (Phi) is 6.59. The molecule has 4 heteroatoms. The highest BCUT2D eigenvalue weighted by Gasteiger charge is 2.36. The minimum absolute atomic E-state index is 0.157. The predicted molar refractivity (Wildman–Crippen MR) is 72.3 cm³/mol. The van der Waals surface area contributed by atoms with E-state index in [0.717, 1.165) is 43.9 Å². The van der Waals surface area contributed by atoms with E-state index in [0.29, 0.717) is 0 Å². The summed E-state index contributed by atoms with van der Waals surface area (Å²) in [4.78, 5) is 11.9. The molecular weight excluding hydrogens is 242 g/mol. The number of rotatable bonds is 7. The van der Waals surface area contributed by atoms with Gasteiger partial charge >= 0.3 is 0 Å². The SMILES string of the molecule is CC1(C(=O)NCCCCCCCl)CCCS1. The van der Waals surface area contributed by atoms with Crippen molar-refractivity contribution in [3.63, 3.8) is 0 Å². The molecule has 1 heterocycles. The number of amides is 1. The molecule has 0 saturated carbocycles. The second kappa shape index (κ2) is 7.44. The van der Waals surface area contributed by atoms with Crippen LogP contribution in [0.5, 0.6) is 0 Å². The van der Waals surface area contributed by atoms with E-state index in [2.05, 4.69) is 12.2 Å². The van der Waals surface area contributed by atoms with E-state index in [1.807, 2.05) is 0 Å². The molecule has 1 aliphatic rings. The summed E-state index contributed by atoms with van der Waals surface area (Å²) in [6.45, 7) is 2.88. The molecule has 1 amide bonds. The Morgan fingerprint density at radius 3 is 2.75 bits per heavy atom. The van der Waals surface area contributed by atoms with Crippen LogP contribution in [0.2, 0.25) is 0 Å². The molecule has 0 aromatic rings. The van der Waals surface area contributed by atoms with Gasteiger partial charge in [-0.15, -0.1) is 23.4 Å². The predicted octanol–water partition coefficient (Wildman–Crippen LogP) is 3.19. The van der Waals surface area contributed by atoms with Crippen molar-refractivity contribution >= 4 is 29.3 Å². The fourth-order valence-corrected chi connectivity index (χ4v) is 3.34. The molecule has 1 fully saturated rings. The average molecular weight is 264 g/mol. The van der Waals surface area contributed by atoms with Gasteiger partial charge in [-0.3, -0.25) is 4.79 Å². The quantitative estimate of drug-likeness (QED) is 0.565. The van der Waals surface area contributed by atoms with Gasteiger partial charge in [0.2, 0.25) is 5.91 Å². The van der Waals surface area contributed by atoms with Gasteiger partial charge in [0.05, 0.1) is 4.75 Å². The molecule has 1 rings (SSSR count). The first-order chi connectivity index (χ1) is 7.69. The van der Waals surface area contributed by atoms with Crippen molar-refractivity contribution in [2.45, 2.75) is 50.2 Å². The Morgan fingerprint density at radius 1 is 1.38 bits per heavy atom. The second-order valence-electron chi connectivity index (χ2n) is 4.54. The number of halogens is 1. The summed E-state index contributed by atoms with van der Waals surface area (Å²) in [6, 6.07) is 0. The van der Waals surface area contributed by atoms with Gasteiger partial charge in [-0.25, -0.2) is 0 Å². The molecule has 1 unspecified atom stereocenters. The standard InChI is InChI=1S/C12H22ClNOS/c1-12(7-6-10-16-12)11(15)14-9-5-3-2-4-8-13/h2-10H2,1H3,(H,14,15). The van der Waals surface area contributed by atoms with Crippen molar-refractivity contribution in [1.29, 1.82) is 0 Å². The number of unbranched alkanes of at least 4 members (excludes halogenated alkanes) is 3. The maximum absolute atomic E-state index is 11.9. The lowest BCUT2D eigenvalue weighted by molar-refractivity contribution is -0.123. The zero-order chi connectivity index (χ0) is 11.9. The smallest absolute Gasteiger partial charge is 0.235 e. The molecular formula is C12H22ClNOS. The highest BCUT2D eigenvalue weighted by atomic mass is 35.5. The molecule has 0 bridgehead atoms. The lowest BCUT2D eigenvalue weighted by Crippen LogP contribution is -2.40. The van der Waals surface area contributed by atoms with Gasteiger partial charge < -0.3 is 5.32 Å². The van der Waals surface area contributed by atoms with E-state index in [4.69, 9.17) is 11.6 Å². The molecule has 1 N–H and O–H groups in total. The van der Waals surface area contributed by atoms with Crippen LogP contribution in [0.3, 0.4) is 0 Å². The summed E-state index contributed by atoms with van der Waals surface area (Å²) in [5.74, 6) is 2.10. The number of hydrogen-bond donors (Lipinski definition) is 1. The fourth-order valence-electron chi connectivity index (χ4n) is 1.92. The first kappa shape index (κ1) is 14.2. The molecule has 0 aromatic heterocycles. The third-order valence-electron chi connectivity index (χ3n) is 3.05. The van der Waals surface area contributed by atoms with Crippen LogP contribution in [-0.2, 0) is 4.79 Å². The first-order valence-electron chi connectivity index (χ1n) is 6.17. The van der Waals surface area contributed by atoms with Crippen LogP contribution >= 0.6 is 23.4 Å². The number of nitrogens with one attached hydrogen (secondary N) is 1. The van der Waals surface area contributed by atoms with E-state index >= 15 is 0 Å². The molecule has 0 radical (unpaired) electrons. The highest BCUT2D eigenvalue weighted by Crippen LogP contribution is 2.37. The lowest BCUT2D eigenvalue weighted by Gasteiger charge is -2.21. The Labute approximate surface area is 108 Å². The highest BCUT2D eigenvalue weighted by molar-refractivity contribution is 8.01. The van der Waals surface area contributed by atoms with Gasteiger partial charge in [-0.2, -0.15) is 0 Å². The Hall–Kier alpha value is 0.110. The third kappa shape index (κ3) is 4.54. The molecule has 2 nitrogen and oxygen atoms in total. The molecule has 0 aliphatic carbocycles. The Bertz CT molecular complexity index is 217. The van der Waals surface area contributed by atoms with Gasteiger partial charge in [-0.1, -0.05) is 12.8 Å². The van der Waals surface area contributed by atoms with Crippen molar-refractivity contribution in [2.24, 2.45) is 0 Å². The van der Waals surface area contributed by atoms with Gasteiger partial charge in [0.15, 0.2) is 0 Å². The van der Waals surface area contributed by atoms with Gasteiger partial charge in [0.25, 0.3) is 0 Å². The van der Waals surface area contributed by atoms with Gasteiger partial charge in [-0.05, 0) is 38.4 Å². The number of alkyl halides is 1. The fraction of sp³-hybridized carbons (Fsp3) is 0.917. The van der Waals surface area contributed by atoms with Crippen LogP contribution in [-0.4, -0.2) is 28.8 Å². The lowest BCUT2D eigenvalue weighted by atomic mass is 10.0. The number of thioether (sulfide) groups is 1. The Balaban J connectivity index is 2.06. The Morgan fingerprint density at radius 2 is 2.12 bits per heavy atom. The summed E-state index contributed by atoms with van der Waals surface area (Å²) in [6.07, 6.45) is 6.69. The molecule has 1 atom stereocenters. The summed E-state index contributed by atoms with van der Waals surface area (Å²) in [5, 5.41) is 3.05. The molecule has 1 aliphatic heterocycles. The molecule has 16 heavy (non-hydrogen) atoms. The summed E-state index contributed by atoms with van der Waals surface area (Å²) in [7, 11) is 0. The number of carbonyl (C=O) groups is 1. The molecule has 94 valence electrons. The van der Waals surface area contributed by atoms with Crippen LogP contribution in [0.25, 0.3) is 0 Å². The summed E-state index contributed by atoms with van der Waals surface area (Å²) in [5.41, 5.74) is 0. The third-order valence-corrected chi connectivity index (χ3v) is 4.83. The maximum atomic E-state index is 11.9. The number of carbonyl (C=O) groups excluding carboxylic acids is 1. The van der Waals surface area contributed by atoms with E-state index < -0.39 is 0 Å². The van der Waals surface area contributed by atoms with Crippen molar-refractivity contribution in [1.82, 2.24) is 5.32 Å². The number of hydrogen-bond acceptors (Lipinski definition) is 2. The van der Waals surface area contributed by atoms with E-state index in [-0.39, 0.29) is 10.7 Å². The molecule has 1 saturated heterocycles. The van der Waals surface area contributed by atoms with E-state index in [1.165, 1.54) is 12.8 Å². The first-order valence-corrected chi connectivity index (χ1v) is 7.69. The minimum Gasteiger partial charge on any atom is -0.355 e. The normalized spacial score (nSPS) is 24.6. The molecule has 0 aromatic carbocycles. The van der Waals surface area contributed by atoms with E-state index in [1.54, 1.807) is 11.8 Å². The molecule has 0 spiro atoms. The van der Waals surface area contributed by atoms with Gasteiger partial charge in [0.1, 0.15) is 0 Å². The van der Waals surface area contributed by atoms with E-state index in [9.17, 15) is 4.79 Å². The average Bonchev–Trinajstić information content (AvgIpc) is 2.71. The van der Waals surface area contributed by atoms with Crippen molar-refractivity contribution in [2.75, 3.05) is 18.2 Å². The minimum atomic E-state index is -0.157. The van der Waals surface area contributed by atoms with Crippen molar-refractivity contribution < 1.29 is 4.79 Å². The van der Waals surface area contributed by atoms with Crippen LogP contribution in [0.15, 0.2) is 0 Å². The topological polar surface area (TPSA) is 29.1 Å². The summed E-state index contributed by atoms with van der Waals surface area (Å²) >= 11 is 7.39. The summed E-state index contributed by atoms with van der Waals surface area (Å²) < 4.78 is -0.157. The zero-order valence-electron chi connectivity index (χ0n) is 10.1. The van der Waals surface area contributed by atoms with Crippen molar-refractivity contribution in [3.05, 3.63) is 0 Å². The monoisotopic (exact) mass is 263 g/mol. The van der Waals surface area contributed by atoms with Crippen LogP contribution < -0.4 is 5.32 Å². The maximum Gasteiger partial charge on any atom is 0.235 e. The van der Waals surface area contributed by atoms with Crippen LogP contribution in [0.1, 0.15) is 45.4 Å². The van der Waals surface area contributed by atoms with Crippen LogP contribution in [0, 0.1) is 0 Å².